The van der Waals surface area contributed by atoms with Crippen LogP contribution in [0.15, 0.2) is 81.2 Å². The van der Waals surface area contributed by atoms with E-state index in [1.807, 2.05) is 18.2 Å². The molecular weight excluding hydrogens is 380 g/mol. The number of aliphatic hydroxyl groups excluding tert-OH is 1. The van der Waals surface area contributed by atoms with Gasteiger partial charge in [0, 0.05) is 5.02 Å². The second kappa shape index (κ2) is 7.67. The summed E-state index contributed by atoms with van der Waals surface area (Å²) in [7, 11) is 0. The van der Waals surface area contributed by atoms with Crippen LogP contribution in [0.2, 0.25) is 5.02 Å². The molecule has 0 radical (unpaired) electrons. The topological polar surface area (TPSA) is 104 Å². The molecule has 2 heterocycles. The Morgan fingerprint density at radius 2 is 2.00 bits per heavy atom. The van der Waals surface area contributed by atoms with Crippen LogP contribution in [0, 0.1) is 0 Å². The number of aliphatic hydroxyl groups is 1. The van der Waals surface area contributed by atoms with Crippen molar-refractivity contribution < 1.29 is 9.52 Å². The molecule has 0 aliphatic carbocycles. The van der Waals surface area contributed by atoms with Crippen molar-refractivity contribution in [2.24, 2.45) is 5.10 Å². The number of halogens is 1. The summed E-state index contributed by atoms with van der Waals surface area (Å²) in [6.45, 7) is 0. The second-order valence-electron chi connectivity index (χ2n) is 5.97. The van der Waals surface area contributed by atoms with Crippen LogP contribution in [0.5, 0.6) is 0 Å². The molecule has 8 heteroatoms. The van der Waals surface area contributed by atoms with E-state index in [9.17, 15) is 9.90 Å². The molecule has 4 rings (SSSR count). The molecule has 4 aromatic rings. The van der Waals surface area contributed by atoms with Crippen LogP contribution in [0.1, 0.15) is 17.6 Å². The predicted molar refractivity (Wildman–Crippen MR) is 108 cm³/mol. The van der Waals surface area contributed by atoms with Crippen LogP contribution in [-0.4, -0.2) is 20.8 Å². The number of fused-ring (bicyclic) bond motifs is 1. The molecule has 2 aromatic carbocycles. The Hall–Kier alpha value is -3.42. The molecule has 0 spiro atoms. The highest BCUT2D eigenvalue weighted by Gasteiger charge is 2.24. The highest BCUT2D eigenvalue weighted by Crippen LogP contribution is 2.20. The van der Waals surface area contributed by atoms with E-state index in [0.717, 1.165) is 0 Å². The number of hydrogen-bond acceptors (Lipinski definition) is 6. The molecule has 0 amide bonds. The van der Waals surface area contributed by atoms with Gasteiger partial charge < -0.3 is 14.5 Å². The first kappa shape index (κ1) is 18.0. The van der Waals surface area contributed by atoms with E-state index in [-0.39, 0.29) is 17.2 Å². The van der Waals surface area contributed by atoms with Crippen LogP contribution < -0.4 is 11.0 Å². The first-order valence-corrected chi connectivity index (χ1v) is 8.79. The molecule has 0 unspecified atom stereocenters. The number of nitrogens with one attached hydrogen (secondary N) is 2. The smallest absolute Gasteiger partial charge is 0.276 e. The van der Waals surface area contributed by atoms with E-state index < -0.39 is 11.7 Å². The van der Waals surface area contributed by atoms with Crippen LogP contribution >= 0.6 is 11.6 Å². The van der Waals surface area contributed by atoms with Crippen molar-refractivity contribution in [3.05, 3.63) is 93.8 Å². The number of hydrogen-bond donors (Lipinski definition) is 3. The van der Waals surface area contributed by atoms with E-state index in [0.29, 0.717) is 21.7 Å². The zero-order valence-corrected chi connectivity index (χ0v) is 15.2. The van der Waals surface area contributed by atoms with Crippen molar-refractivity contribution >= 4 is 34.0 Å². The summed E-state index contributed by atoms with van der Waals surface area (Å²) >= 11 is 5.97. The highest BCUT2D eigenvalue weighted by molar-refractivity contribution is 6.31. The Morgan fingerprint density at radius 3 is 2.75 bits per heavy atom. The van der Waals surface area contributed by atoms with Crippen molar-refractivity contribution in [3.63, 3.8) is 0 Å². The molecule has 1 atom stereocenters. The maximum atomic E-state index is 12.7. The molecule has 0 aliphatic heterocycles. The Balaban J connectivity index is 1.83. The summed E-state index contributed by atoms with van der Waals surface area (Å²) < 4.78 is 5.28. The van der Waals surface area contributed by atoms with Crippen molar-refractivity contribution in [2.75, 3.05) is 5.43 Å². The van der Waals surface area contributed by atoms with Crippen molar-refractivity contribution in [2.45, 2.75) is 6.10 Å². The first-order chi connectivity index (χ1) is 13.6. The molecule has 2 aromatic heterocycles. The lowest BCUT2D eigenvalue weighted by molar-refractivity contribution is 0.215. The number of H-pyrrole nitrogens is 1. The fourth-order valence-electron chi connectivity index (χ4n) is 2.69. The molecule has 0 saturated carbocycles. The fraction of sp³-hybridized carbons (Fsp3) is 0.0500. The molecule has 3 N–H and O–H groups in total. The van der Waals surface area contributed by atoms with Gasteiger partial charge in [0.1, 0.15) is 11.5 Å². The van der Waals surface area contributed by atoms with Gasteiger partial charge in [-0.3, -0.25) is 10.2 Å². The number of benzene rings is 2. The second-order valence-corrected chi connectivity index (χ2v) is 6.41. The summed E-state index contributed by atoms with van der Waals surface area (Å²) in [6, 6.07) is 17.3. The van der Waals surface area contributed by atoms with Gasteiger partial charge in [0.25, 0.3) is 5.56 Å². The monoisotopic (exact) mass is 394 g/mol. The van der Waals surface area contributed by atoms with E-state index in [2.05, 4.69) is 20.5 Å². The third-order valence-corrected chi connectivity index (χ3v) is 4.28. The summed E-state index contributed by atoms with van der Waals surface area (Å²) in [6.07, 6.45) is 0.144. The third kappa shape index (κ3) is 3.66. The van der Waals surface area contributed by atoms with Gasteiger partial charge in [0.05, 0.1) is 23.0 Å². The maximum absolute atomic E-state index is 12.7. The first-order valence-electron chi connectivity index (χ1n) is 8.42. The SMILES string of the molecule is O=c1[nH]c2cc(Cl)ccc2nc1/C(=N\Nc1ccccc1)[C@H](O)c1ccco1. The van der Waals surface area contributed by atoms with Crippen molar-refractivity contribution in [1.82, 2.24) is 9.97 Å². The highest BCUT2D eigenvalue weighted by atomic mass is 35.5. The standard InChI is InChI=1S/C20H15ClN4O3/c21-12-8-9-14-15(11-12)23-20(27)18(22-14)17(19(26)16-7-4-10-28-16)25-24-13-5-2-1-3-6-13/h1-11,19,24,26H,(H,23,27)/b25-17+/t19-/m1/s1. The zero-order valence-electron chi connectivity index (χ0n) is 14.5. The number of anilines is 1. The van der Waals surface area contributed by atoms with Gasteiger partial charge in [-0.25, -0.2) is 4.98 Å². The summed E-state index contributed by atoms with van der Waals surface area (Å²) in [4.78, 5) is 19.8. The van der Waals surface area contributed by atoms with Crippen LogP contribution in [0.4, 0.5) is 5.69 Å². The van der Waals surface area contributed by atoms with E-state index in [1.54, 1.807) is 42.5 Å². The normalized spacial score (nSPS) is 12.9. The summed E-state index contributed by atoms with van der Waals surface area (Å²) in [5.74, 6) is 0.242. The summed E-state index contributed by atoms with van der Waals surface area (Å²) in [5.41, 5.74) is 4.03. The fourth-order valence-corrected chi connectivity index (χ4v) is 2.87. The maximum Gasteiger partial charge on any atom is 0.276 e. The zero-order chi connectivity index (χ0) is 19.5. The molecular formula is C20H15ClN4O3. The number of aromatic amines is 1. The van der Waals surface area contributed by atoms with Crippen molar-refractivity contribution in [3.8, 4) is 0 Å². The van der Waals surface area contributed by atoms with Crippen LogP contribution in [0.3, 0.4) is 0 Å². The van der Waals surface area contributed by atoms with Gasteiger partial charge in [0.2, 0.25) is 0 Å². The molecule has 0 saturated heterocycles. The van der Waals surface area contributed by atoms with Gasteiger partial charge in [-0.05, 0) is 42.5 Å². The number of nitrogens with zero attached hydrogens (tertiary/aromatic N) is 2. The molecule has 28 heavy (non-hydrogen) atoms. The van der Waals surface area contributed by atoms with E-state index >= 15 is 0 Å². The molecule has 0 fully saturated rings. The average Bonchev–Trinajstić information content (AvgIpc) is 3.24. The molecule has 140 valence electrons. The van der Waals surface area contributed by atoms with Gasteiger partial charge in [-0.2, -0.15) is 5.10 Å². The quantitative estimate of drug-likeness (QED) is 0.353. The average molecular weight is 395 g/mol. The molecule has 7 nitrogen and oxygen atoms in total. The summed E-state index contributed by atoms with van der Waals surface area (Å²) in [5, 5.41) is 15.5. The number of rotatable bonds is 5. The Bertz CT molecular complexity index is 1190. The van der Waals surface area contributed by atoms with Crippen LogP contribution in [-0.2, 0) is 0 Å². The minimum atomic E-state index is -1.29. The number of aromatic nitrogens is 2. The predicted octanol–water partition coefficient (Wildman–Crippen LogP) is 3.72. The minimum absolute atomic E-state index is 0.0249. The number of furan rings is 1. The lowest BCUT2D eigenvalue weighted by atomic mass is 10.1. The Labute approximate surface area is 164 Å². The van der Waals surface area contributed by atoms with Crippen molar-refractivity contribution in [1.29, 1.82) is 0 Å². The Kier molecular flexibility index (Phi) is 4.92. The van der Waals surface area contributed by atoms with Gasteiger partial charge in [0.15, 0.2) is 11.8 Å². The van der Waals surface area contributed by atoms with Crippen LogP contribution in [0.25, 0.3) is 11.0 Å². The lowest BCUT2D eigenvalue weighted by Gasteiger charge is -2.12. The van der Waals surface area contributed by atoms with Gasteiger partial charge in [-0.15, -0.1) is 0 Å². The number of para-hydroxylation sites is 1. The Morgan fingerprint density at radius 1 is 1.18 bits per heavy atom. The van der Waals surface area contributed by atoms with Gasteiger partial charge in [-0.1, -0.05) is 29.8 Å². The third-order valence-electron chi connectivity index (χ3n) is 4.05. The number of hydrazone groups is 1. The molecule has 0 bridgehead atoms. The van der Waals surface area contributed by atoms with Gasteiger partial charge >= 0.3 is 0 Å². The molecule has 0 aliphatic rings. The lowest BCUT2D eigenvalue weighted by Crippen LogP contribution is -2.26. The largest absolute Gasteiger partial charge is 0.466 e. The van der Waals surface area contributed by atoms with E-state index in [1.165, 1.54) is 6.26 Å². The minimum Gasteiger partial charge on any atom is -0.466 e. The van der Waals surface area contributed by atoms with E-state index in [4.69, 9.17) is 16.0 Å².